The van der Waals surface area contributed by atoms with Crippen molar-refractivity contribution < 1.29 is 0 Å². The Bertz CT molecular complexity index is 822. The van der Waals surface area contributed by atoms with Gasteiger partial charge < -0.3 is 0 Å². The number of allylic oxidation sites excluding steroid dienone is 2. The van der Waals surface area contributed by atoms with Gasteiger partial charge in [-0.05, 0) is 35.8 Å². The number of benzene rings is 2. The molecule has 0 radical (unpaired) electrons. The second kappa shape index (κ2) is 4.42. The molecule has 0 fully saturated rings. The maximum Gasteiger partial charge on any atom is 0.108 e. The molecule has 0 nitrogen and oxygen atoms in total. The van der Waals surface area contributed by atoms with Gasteiger partial charge in [-0.15, -0.1) is 0 Å². The highest BCUT2D eigenvalue weighted by molar-refractivity contribution is 5.65. The number of hydrogen-bond acceptors (Lipinski definition) is 0. The summed E-state index contributed by atoms with van der Waals surface area (Å²) in [5.74, 6) is 0.511. The second-order valence-electron chi connectivity index (χ2n) is 5.52. The molecule has 0 saturated heterocycles. The molecule has 0 N–H and O–H groups in total. The van der Waals surface area contributed by atoms with Crippen LogP contribution in [0.4, 0.5) is 0 Å². The Labute approximate surface area is 119 Å². The first kappa shape index (κ1) is 11.6. The fourth-order valence-corrected chi connectivity index (χ4v) is 3.53. The Hall–Kier alpha value is -2.21. The van der Waals surface area contributed by atoms with E-state index in [1.807, 2.05) is 0 Å². The van der Waals surface area contributed by atoms with Crippen molar-refractivity contribution in [3.8, 4) is 0 Å². The monoisotopic (exact) mass is 257 g/mol. The largest absolute Gasteiger partial charge is 0.108 e. The van der Waals surface area contributed by atoms with Crippen LogP contribution in [-0.4, -0.2) is 0 Å². The topological polar surface area (TPSA) is 0 Å². The summed E-state index contributed by atoms with van der Waals surface area (Å²) >= 11 is 0. The third kappa shape index (κ3) is 1.58. The van der Waals surface area contributed by atoms with Gasteiger partial charge in [-0.25, -0.2) is 0 Å². The molecule has 2 aliphatic rings. The molecular weight excluding hydrogens is 240 g/mol. The van der Waals surface area contributed by atoms with Crippen molar-refractivity contribution >= 4 is 12.2 Å². The van der Waals surface area contributed by atoms with Crippen LogP contribution in [0.1, 0.15) is 41.5 Å². The van der Waals surface area contributed by atoms with E-state index < -0.39 is 0 Å². The normalized spacial score (nSPS) is 17.9. The summed E-state index contributed by atoms with van der Waals surface area (Å²) in [5.41, 5.74) is 5.76. The van der Waals surface area contributed by atoms with Crippen LogP contribution >= 0.6 is 0 Å². The van der Waals surface area contributed by atoms with E-state index in [9.17, 15) is 0 Å². The minimum absolute atomic E-state index is 0.511. The van der Waals surface area contributed by atoms with Crippen LogP contribution in [0.2, 0.25) is 0 Å². The number of rotatable bonds is 1. The number of fused-ring (bicyclic) bond motifs is 4. The van der Waals surface area contributed by atoms with Gasteiger partial charge in [0.2, 0.25) is 0 Å². The Balaban J connectivity index is 2.10. The molecule has 0 bridgehead atoms. The number of hydrogen-bond donors (Lipinski definition) is 0. The predicted octanol–water partition coefficient (Wildman–Crippen LogP) is 3.27. The second-order valence-corrected chi connectivity index (χ2v) is 5.52. The standard InChI is InChI=1S/C20H17/c1-2-17-18-9-5-4-8-15(18)13-16-12-11-14-7-3-6-10-19(14)20(16)17/h3-13,17H,2H2,1H3/q+1. The molecule has 1 atom stereocenters. The van der Waals surface area contributed by atoms with Crippen molar-refractivity contribution in [2.75, 3.05) is 0 Å². The summed E-state index contributed by atoms with van der Waals surface area (Å²) in [6.07, 6.45) is 12.2. The van der Waals surface area contributed by atoms with Crippen LogP contribution < -0.4 is 10.4 Å². The lowest BCUT2D eigenvalue weighted by Gasteiger charge is -2.22. The van der Waals surface area contributed by atoms with Crippen LogP contribution in [-0.2, 0) is 0 Å². The highest BCUT2D eigenvalue weighted by atomic mass is 14.3. The zero-order valence-electron chi connectivity index (χ0n) is 11.6. The van der Waals surface area contributed by atoms with Gasteiger partial charge in [-0.2, -0.15) is 0 Å². The molecule has 2 aliphatic carbocycles. The van der Waals surface area contributed by atoms with Crippen LogP contribution in [0, 0.1) is 6.42 Å². The maximum absolute atomic E-state index is 2.34. The zero-order chi connectivity index (χ0) is 13.5. The molecule has 0 amide bonds. The van der Waals surface area contributed by atoms with Crippen molar-refractivity contribution in [1.29, 1.82) is 0 Å². The van der Waals surface area contributed by atoms with Gasteiger partial charge in [0.15, 0.2) is 0 Å². The van der Waals surface area contributed by atoms with E-state index >= 15 is 0 Å². The highest BCUT2D eigenvalue weighted by Crippen LogP contribution is 2.33. The minimum Gasteiger partial charge on any atom is -0.0636 e. The van der Waals surface area contributed by atoms with Gasteiger partial charge in [0.1, 0.15) is 5.56 Å². The molecule has 0 aromatic heterocycles. The maximum atomic E-state index is 2.34. The Morgan fingerprint density at radius 1 is 1.05 bits per heavy atom. The summed E-state index contributed by atoms with van der Waals surface area (Å²) in [4.78, 5) is 0. The fourth-order valence-electron chi connectivity index (χ4n) is 3.53. The molecule has 96 valence electrons. The third-order valence-electron chi connectivity index (χ3n) is 4.44. The first-order valence-electron chi connectivity index (χ1n) is 7.34. The van der Waals surface area contributed by atoms with E-state index in [1.165, 1.54) is 32.7 Å². The zero-order valence-corrected chi connectivity index (χ0v) is 11.6. The predicted molar refractivity (Wildman–Crippen MR) is 84.8 cm³/mol. The van der Waals surface area contributed by atoms with E-state index in [4.69, 9.17) is 0 Å². The van der Waals surface area contributed by atoms with E-state index in [0.29, 0.717) is 5.92 Å². The first-order chi connectivity index (χ1) is 9.88. The van der Waals surface area contributed by atoms with Crippen molar-refractivity contribution in [3.05, 3.63) is 87.7 Å². The van der Waals surface area contributed by atoms with E-state index in [2.05, 4.69) is 74.0 Å². The van der Waals surface area contributed by atoms with Gasteiger partial charge in [0.25, 0.3) is 0 Å². The van der Waals surface area contributed by atoms with E-state index in [-0.39, 0.29) is 0 Å². The van der Waals surface area contributed by atoms with E-state index in [1.54, 1.807) is 0 Å². The summed E-state index contributed by atoms with van der Waals surface area (Å²) in [5, 5.41) is 2.73. The molecule has 0 aliphatic heterocycles. The Morgan fingerprint density at radius 3 is 2.80 bits per heavy atom. The highest BCUT2D eigenvalue weighted by Gasteiger charge is 2.27. The molecule has 20 heavy (non-hydrogen) atoms. The molecule has 0 heteroatoms. The Morgan fingerprint density at radius 2 is 1.90 bits per heavy atom. The van der Waals surface area contributed by atoms with Crippen LogP contribution in [0.25, 0.3) is 12.2 Å². The lowest BCUT2D eigenvalue weighted by atomic mass is 9.77. The molecule has 4 rings (SSSR count). The third-order valence-corrected chi connectivity index (χ3v) is 4.44. The summed E-state index contributed by atoms with van der Waals surface area (Å²) in [6, 6.07) is 13.3. The van der Waals surface area contributed by atoms with Crippen LogP contribution in [0.3, 0.4) is 0 Å². The molecule has 2 aromatic rings. The average Bonchev–Trinajstić information content (AvgIpc) is 2.52. The quantitative estimate of drug-likeness (QED) is 0.688. The summed E-state index contributed by atoms with van der Waals surface area (Å²) in [6.45, 7) is 2.29. The SMILES string of the molecule is CCC1c2ccccc2C=c2ccc3c(c21)[CH+]C=CC=3. The molecular formula is C20H17+. The van der Waals surface area contributed by atoms with Gasteiger partial charge in [-0.3, -0.25) is 0 Å². The van der Waals surface area contributed by atoms with Gasteiger partial charge >= 0.3 is 0 Å². The van der Waals surface area contributed by atoms with Crippen molar-refractivity contribution in [1.82, 2.24) is 0 Å². The molecule has 2 aromatic carbocycles. The molecule has 0 heterocycles. The van der Waals surface area contributed by atoms with Gasteiger partial charge in [0.05, 0.1) is 10.8 Å². The van der Waals surface area contributed by atoms with Crippen molar-refractivity contribution in [2.45, 2.75) is 19.3 Å². The lowest BCUT2D eigenvalue weighted by Crippen LogP contribution is -2.27. The van der Waals surface area contributed by atoms with Gasteiger partial charge in [-0.1, -0.05) is 31.2 Å². The smallest absolute Gasteiger partial charge is 0.0636 e. The minimum atomic E-state index is 0.511. The van der Waals surface area contributed by atoms with Crippen LogP contribution in [0.5, 0.6) is 0 Å². The van der Waals surface area contributed by atoms with E-state index in [0.717, 1.165) is 6.42 Å². The molecule has 0 saturated carbocycles. The molecule has 0 spiro atoms. The Kier molecular flexibility index (Phi) is 2.56. The summed E-state index contributed by atoms with van der Waals surface area (Å²) in [7, 11) is 0. The molecule has 1 unspecified atom stereocenters. The van der Waals surface area contributed by atoms with Gasteiger partial charge in [0, 0.05) is 35.8 Å². The summed E-state index contributed by atoms with van der Waals surface area (Å²) < 4.78 is 0. The first-order valence-corrected chi connectivity index (χ1v) is 7.34. The average molecular weight is 257 g/mol. The van der Waals surface area contributed by atoms with Crippen molar-refractivity contribution in [2.24, 2.45) is 0 Å². The van der Waals surface area contributed by atoms with Crippen molar-refractivity contribution in [3.63, 3.8) is 0 Å². The lowest BCUT2D eigenvalue weighted by molar-refractivity contribution is 0.759. The van der Waals surface area contributed by atoms with Crippen LogP contribution in [0.15, 0.2) is 48.6 Å². The fraction of sp³-hybridized carbons (Fsp3) is 0.150.